The summed E-state index contributed by atoms with van der Waals surface area (Å²) >= 11 is 0. The molecule has 0 saturated carbocycles. The highest BCUT2D eigenvalue weighted by Crippen LogP contribution is 2.16. The van der Waals surface area contributed by atoms with Crippen LogP contribution in [0, 0.1) is 6.92 Å². The molecule has 0 aromatic carbocycles. The Balaban J connectivity index is 2.03. The van der Waals surface area contributed by atoms with Gasteiger partial charge in [0.05, 0.1) is 18.8 Å². The predicted molar refractivity (Wildman–Crippen MR) is 77.5 cm³/mol. The summed E-state index contributed by atoms with van der Waals surface area (Å²) in [5, 5.41) is 12.0. The Morgan fingerprint density at radius 3 is 2.95 bits per heavy atom. The second-order valence-corrected chi connectivity index (χ2v) is 4.99. The Bertz CT molecular complexity index is 546. The molecular weight excluding hydrogens is 257 g/mol. The van der Waals surface area contributed by atoms with E-state index in [0.29, 0.717) is 19.1 Å². The molecule has 1 N–H and O–H groups in total. The molecule has 0 radical (unpaired) electrons. The van der Waals surface area contributed by atoms with Gasteiger partial charge in [-0.25, -0.2) is 4.39 Å². The second-order valence-electron chi connectivity index (χ2n) is 4.99. The highest BCUT2D eigenvalue weighted by molar-refractivity contribution is 5.42. The monoisotopic (exact) mass is 279 g/mol. The number of aromatic nitrogens is 4. The van der Waals surface area contributed by atoms with E-state index in [0.717, 1.165) is 23.5 Å². The van der Waals surface area contributed by atoms with Gasteiger partial charge in [0.1, 0.15) is 6.67 Å². The van der Waals surface area contributed by atoms with Crippen molar-refractivity contribution in [2.24, 2.45) is 0 Å². The lowest BCUT2D eigenvalue weighted by Crippen LogP contribution is -2.13. The topological polar surface area (TPSA) is 47.7 Å². The summed E-state index contributed by atoms with van der Waals surface area (Å²) in [5.41, 5.74) is 2.15. The van der Waals surface area contributed by atoms with Crippen molar-refractivity contribution in [1.29, 1.82) is 0 Å². The van der Waals surface area contributed by atoms with Gasteiger partial charge in [-0.05, 0) is 26.3 Å². The van der Waals surface area contributed by atoms with Gasteiger partial charge in [0.2, 0.25) is 0 Å². The Kier molecular flexibility index (Phi) is 4.76. The first-order valence-electron chi connectivity index (χ1n) is 7.02. The highest BCUT2D eigenvalue weighted by atomic mass is 19.1. The molecule has 0 saturated heterocycles. The van der Waals surface area contributed by atoms with Crippen LogP contribution in [0.3, 0.4) is 0 Å². The van der Waals surface area contributed by atoms with Gasteiger partial charge in [0.25, 0.3) is 0 Å². The number of rotatable bonds is 7. The fourth-order valence-corrected chi connectivity index (χ4v) is 2.12. The largest absolute Gasteiger partial charge is 0.363 e. The molecule has 0 bridgehead atoms. The zero-order chi connectivity index (χ0) is 14.5. The van der Waals surface area contributed by atoms with Crippen molar-refractivity contribution in [3.05, 3.63) is 29.7 Å². The third-order valence-electron chi connectivity index (χ3n) is 3.46. The number of nitrogens with one attached hydrogen (secondary N) is 1. The maximum absolute atomic E-state index is 12.3. The van der Waals surface area contributed by atoms with E-state index in [-0.39, 0.29) is 0 Å². The van der Waals surface area contributed by atoms with Gasteiger partial charge >= 0.3 is 0 Å². The Morgan fingerprint density at radius 2 is 2.25 bits per heavy atom. The van der Waals surface area contributed by atoms with Gasteiger partial charge in [0, 0.05) is 24.0 Å². The van der Waals surface area contributed by atoms with E-state index in [2.05, 4.69) is 29.4 Å². The first-order valence-corrected chi connectivity index (χ1v) is 7.02. The van der Waals surface area contributed by atoms with Crippen LogP contribution in [0.5, 0.6) is 0 Å². The highest BCUT2D eigenvalue weighted by Gasteiger charge is 2.10. The molecule has 2 heterocycles. The number of aryl methyl sites for hydroxylation is 2. The van der Waals surface area contributed by atoms with Gasteiger partial charge in [-0.15, -0.1) is 0 Å². The minimum absolute atomic E-state index is 0.299. The summed E-state index contributed by atoms with van der Waals surface area (Å²) in [5.74, 6) is 0.801. The molecule has 0 unspecified atom stereocenters. The maximum atomic E-state index is 12.3. The van der Waals surface area contributed by atoms with Crippen LogP contribution in [0.25, 0.3) is 0 Å². The van der Waals surface area contributed by atoms with E-state index in [1.165, 1.54) is 0 Å². The van der Waals surface area contributed by atoms with Crippen molar-refractivity contribution in [2.75, 3.05) is 12.0 Å². The summed E-state index contributed by atoms with van der Waals surface area (Å²) in [6, 6.07) is 2.39. The van der Waals surface area contributed by atoms with Crippen LogP contribution in [0.1, 0.15) is 37.6 Å². The average molecular weight is 279 g/mol. The average Bonchev–Trinajstić information content (AvgIpc) is 3.03. The van der Waals surface area contributed by atoms with Crippen molar-refractivity contribution in [1.82, 2.24) is 19.6 Å². The number of nitrogens with zero attached hydrogens (tertiary/aromatic N) is 4. The van der Waals surface area contributed by atoms with Crippen LogP contribution in [0.4, 0.5) is 10.2 Å². The van der Waals surface area contributed by atoms with Crippen LogP contribution in [0.15, 0.2) is 18.5 Å². The zero-order valence-electron chi connectivity index (χ0n) is 12.3. The minimum Gasteiger partial charge on any atom is -0.363 e. The summed E-state index contributed by atoms with van der Waals surface area (Å²) < 4.78 is 16.0. The zero-order valence-corrected chi connectivity index (χ0v) is 12.3. The lowest BCUT2D eigenvalue weighted by atomic mass is 10.2. The molecule has 2 rings (SSSR count). The smallest absolute Gasteiger partial charge is 0.151 e. The summed E-state index contributed by atoms with van der Waals surface area (Å²) in [7, 11) is 0. The van der Waals surface area contributed by atoms with Crippen molar-refractivity contribution in [2.45, 2.75) is 46.3 Å². The Hall–Kier alpha value is -1.85. The predicted octanol–water partition coefficient (Wildman–Crippen LogP) is 2.94. The van der Waals surface area contributed by atoms with Crippen molar-refractivity contribution in [3.63, 3.8) is 0 Å². The molecule has 0 aliphatic heterocycles. The van der Waals surface area contributed by atoms with Gasteiger partial charge < -0.3 is 5.32 Å². The van der Waals surface area contributed by atoms with E-state index in [9.17, 15) is 4.39 Å². The van der Waals surface area contributed by atoms with Crippen LogP contribution in [-0.4, -0.2) is 26.2 Å². The molecule has 5 nitrogen and oxygen atoms in total. The van der Waals surface area contributed by atoms with Crippen LogP contribution in [0.2, 0.25) is 0 Å². The third kappa shape index (κ3) is 3.18. The minimum atomic E-state index is -0.401. The summed E-state index contributed by atoms with van der Waals surface area (Å²) in [4.78, 5) is 0. The molecule has 1 atom stereocenters. The molecule has 6 heteroatoms. The fourth-order valence-electron chi connectivity index (χ4n) is 2.12. The van der Waals surface area contributed by atoms with Gasteiger partial charge in [-0.2, -0.15) is 10.2 Å². The standard InChI is InChI=1S/C14H22FN5/c1-4-12(3)20-13(5-7-17-20)9-16-14-11(2)10-19(18-14)8-6-15/h5,7,10,12H,4,6,8-9H2,1-3H3,(H,16,18)/t12-/m1/s1. The van der Waals surface area contributed by atoms with E-state index in [1.54, 1.807) is 4.68 Å². The van der Waals surface area contributed by atoms with Crippen LogP contribution < -0.4 is 5.32 Å². The number of anilines is 1. The number of halogens is 1. The molecule has 2 aromatic rings. The molecule has 0 spiro atoms. The third-order valence-corrected chi connectivity index (χ3v) is 3.46. The molecule has 0 aliphatic carbocycles. The maximum Gasteiger partial charge on any atom is 0.151 e. The van der Waals surface area contributed by atoms with Gasteiger partial charge in [0.15, 0.2) is 5.82 Å². The normalized spacial score (nSPS) is 12.6. The lowest BCUT2D eigenvalue weighted by molar-refractivity contribution is 0.427. The molecule has 20 heavy (non-hydrogen) atoms. The molecule has 0 aliphatic rings. The number of alkyl halides is 1. The molecule has 0 fully saturated rings. The van der Waals surface area contributed by atoms with Crippen molar-refractivity contribution >= 4 is 5.82 Å². The van der Waals surface area contributed by atoms with Crippen LogP contribution in [-0.2, 0) is 13.1 Å². The van der Waals surface area contributed by atoms with E-state index in [1.807, 2.05) is 30.1 Å². The molecule has 2 aromatic heterocycles. The Labute approximate surface area is 118 Å². The fraction of sp³-hybridized carbons (Fsp3) is 0.571. The molecular formula is C14H22FN5. The van der Waals surface area contributed by atoms with Crippen molar-refractivity contribution < 1.29 is 4.39 Å². The van der Waals surface area contributed by atoms with E-state index in [4.69, 9.17) is 0 Å². The molecule has 0 amide bonds. The van der Waals surface area contributed by atoms with Crippen LogP contribution >= 0.6 is 0 Å². The number of hydrogen-bond acceptors (Lipinski definition) is 3. The van der Waals surface area contributed by atoms with E-state index < -0.39 is 6.67 Å². The summed E-state index contributed by atoms with van der Waals surface area (Å²) in [6.45, 7) is 6.83. The van der Waals surface area contributed by atoms with Gasteiger partial charge in [-0.3, -0.25) is 9.36 Å². The first-order chi connectivity index (χ1) is 9.65. The molecule has 110 valence electrons. The Morgan fingerprint density at radius 1 is 1.45 bits per heavy atom. The SMILES string of the molecule is CC[C@@H](C)n1nccc1CNc1nn(CCF)cc1C. The first kappa shape index (κ1) is 14.6. The quantitative estimate of drug-likeness (QED) is 0.847. The van der Waals surface area contributed by atoms with E-state index >= 15 is 0 Å². The second kappa shape index (κ2) is 6.54. The van der Waals surface area contributed by atoms with Gasteiger partial charge in [-0.1, -0.05) is 6.92 Å². The summed E-state index contributed by atoms with van der Waals surface area (Å²) in [6.07, 6.45) is 4.71. The number of hydrogen-bond donors (Lipinski definition) is 1. The lowest BCUT2D eigenvalue weighted by Gasteiger charge is -2.14. The van der Waals surface area contributed by atoms with Crippen molar-refractivity contribution in [3.8, 4) is 0 Å².